The van der Waals surface area contributed by atoms with Gasteiger partial charge in [0.25, 0.3) is 0 Å². The predicted molar refractivity (Wildman–Crippen MR) is 90.2 cm³/mol. The van der Waals surface area contributed by atoms with Crippen molar-refractivity contribution in [2.75, 3.05) is 18.6 Å². The molecule has 23 heavy (non-hydrogen) atoms. The fraction of sp³-hybridized carbons (Fsp3) is 0.316. The van der Waals surface area contributed by atoms with Crippen LogP contribution in [0, 0.1) is 0 Å². The largest absolute Gasteiger partial charge is 0.497 e. The fourth-order valence-electron chi connectivity index (χ4n) is 2.80. The van der Waals surface area contributed by atoms with E-state index >= 15 is 0 Å². The summed E-state index contributed by atoms with van der Waals surface area (Å²) in [5.41, 5.74) is 2.00. The van der Waals surface area contributed by atoms with E-state index < -0.39 is 0 Å². The molecule has 0 aliphatic carbocycles. The number of anilines is 1. The summed E-state index contributed by atoms with van der Waals surface area (Å²) in [6.45, 7) is 2.58. The highest BCUT2D eigenvalue weighted by Gasteiger charge is 2.26. The number of carbonyl (C=O) groups is 1. The van der Waals surface area contributed by atoms with Gasteiger partial charge in [-0.2, -0.15) is 0 Å². The lowest BCUT2D eigenvalue weighted by molar-refractivity contribution is -0.119. The van der Waals surface area contributed by atoms with Crippen LogP contribution in [-0.2, 0) is 11.2 Å². The maximum Gasteiger partial charge on any atom is 0.227 e. The van der Waals surface area contributed by atoms with Crippen molar-refractivity contribution in [1.29, 1.82) is 0 Å². The SMILES string of the molecule is COc1ccc(CCC(=O)N2CC(C)Oc3ccccc32)cc1. The average Bonchev–Trinajstić information content (AvgIpc) is 2.59. The number of nitrogens with zero attached hydrogens (tertiary/aromatic N) is 1. The van der Waals surface area contributed by atoms with Crippen LogP contribution in [0.25, 0.3) is 0 Å². The second-order valence-electron chi connectivity index (χ2n) is 5.75. The molecule has 1 atom stereocenters. The molecule has 2 aromatic carbocycles. The number of rotatable bonds is 4. The number of fused-ring (bicyclic) bond motifs is 1. The Kier molecular flexibility index (Phi) is 4.51. The fourth-order valence-corrected chi connectivity index (χ4v) is 2.80. The molecule has 1 unspecified atom stereocenters. The highest BCUT2D eigenvalue weighted by Crippen LogP contribution is 2.33. The zero-order valence-corrected chi connectivity index (χ0v) is 13.5. The minimum absolute atomic E-state index is 0.00911. The number of hydrogen-bond donors (Lipinski definition) is 0. The Hall–Kier alpha value is -2.49. The van der Waals surface area contributed by atoms with Gasteiger partial charge in [-0.05, 0) is 43.2 Å². The molecule has 0 saturated heterocycles. The van der Waals surface area contributed by atoms with E-state index in [0.717, 1.165) is 29.2 Å². The van der Waals surface area contributed by atoms with Crippen molar-refractivity contribution in [2.24, 2.45) is 0 Å². The van der Waals surface area contributed by atoms with Crippen LogP contribution < -0.4 is 14.4 Å². The van der Waals surface area contributed by atoms with E-state index in [9.17, 15) is 4.79 Å². The summed E-state index contributed by atoms with van der Waals surface area (Å²) in [6, 6.07) is 15.6. The van der Waals surface area contributed by atoms with Gasteiger partial charge in [0.1, 0.15) is 17.6 Å². The topological polar surface area (TPSA) is 38.8 Å². The number of benzene rings is 2. The van der Waals surface area contributed by atoms with Crippen LogP contribution in [0.1, 0.15) is 18.9 Å². The van der Waals surface area contributed by atoms with Crippen LogP contribution in [0.2, 0.25) is 0 Å². The Labute approximate surface area is 136 Å². The Morgan fingerprint density at radius 1 is 1.22 bits per heavy atom. The van der Waals surface area contributed by atoms with Crippen molar-refractivity contribution >= 4 is 11.6 Å². The molecule has 0 N–H and O–H groups in total. The molecule has 1 aliphatic rings. The second kappa shape index (κ2) is 6.73. The lowest BCUT2D eigenvalue weighted by atomic mass is 10.1. The third-order valence-electron chi connectivity index (χ3n) is 4.01. The van der Waals surface area contributed by atoms with Crippen LogP contribution in [0.5, 0.6) is 11.5 Å². The van der Waals surface area contributed by atoms with E-state index in [-0.39, 0.29) is 12.0 Å². The molecule has 4 nitrogen and oxygen atoms in total. The van der Waals surface area contributed by atoms with Crippen LogP contribution in [0.15, 0.2) is 48.5 Å². The monoisotopic (exact) mass is 311 g/mol. The molecular formula is C19H21NO3. The first-order chi connectivity index (χ1) is 11.2. The quantitative estimate of drug-likeness (QED) is 0.868. The van der Waals surface area contributed by atoms with Gasteiger partial charge in [0, 0.05) is 6.42 Å². The first-order valence-corrected chi connectivity index (χ1v) is 7.86. The lowest BCUT2D eigenvalue weighted by Gasteiger charge is -2.33. The summed E-state index contributed by atoms with van der Waals surface area (Å²) < 4.78 is 10.9. The summed E-state index contributed by atoms with van der Waals surface area (Å²) in [6.07, 6.45) is 1.21. The number of aryl methyl sites for hydroxylation is 1. The third kappa shape index (κ3) is 3.47. The van der Waals surface area contributed by atoms with Crippen LogP contribution in [0.3, 0.4) is 0 Å². The minimum atomic E-state index is 0.00911. The Morgan fingerprint density at radius 3 is 2.70 bits per heavy atom. The maximum absolute atomic E-state index is 12.6. The Bertz CT molecular complexity index is 681. The molecule has 4 heteroatoms. The Balaban J connectivity index is 1.68. The summed E-state index contributed by atoms with van der Waals surface area (Å²) in [5.74, 6) is 1.74. The number of carbonyl (C=O) groups excluding carboxylic acids is 1. The van der Waals surface area contributed by atoms with Crippen molar-refractivity contribution in [2.45, 2.75) is 25.9 Å². The summed E-state index contributed by atoms with van der Waals surface area (Å²) in [4.78, 5) is 14.5. The van der Waals surface area contributed by atoms with E-state index in [1.54, 1.807) is 7.11 Å². The Morgan fingerprint density at radius 2 is 1.96 bits per heavy atom. The zero-order chi connectivity index (χ0) is 16.2. The van der Waals surface area contributed by atoms with Gasteiger partial charge in [0.15, 0.2) is 0 Å². The molecule has 1 heterocycles. The van der Waals surface area contributed by atoms with E-state index in [2.05, 4.69) is 0 Å². The zero-order valence-electron chi connectivity index (χ0n) is 13.5. The van der Waals surface area contributed by atoms with Gasteiger partial charge in [-0.1, -0.05) is 24.3 Å². The van der Waals surface area contributed by atoms with Crippen LogP contribution in [-0.4, -0.2) is 25.7 Å². The molecule has 1 aliphatic heterocycles. The number of methoxy groups -OCH3 is 1. The molecule has 0 radical (unpaired) electrons. The number of ether oxygens (including phenoxy) is 2. The molecule has 0 aromatic heterocycles. The standard InChI is InChI=1S/C19H21NO3/c1-14-13-20(17-5-3-4-6-18(17)23-14)19(21)12-9-15-7-10-16(22-2)11-8-15/h3-8,10-11,14H,9,12-13H2,1-2H3. The molecule has 0 fully saturated rings. The summed E-state index contributed by atoms with van der Waals surface area (Å²) >= 11 is 0. The smallest absolute Gasteiger partial charge is 0.227 e. The third-order valence-corrected chi connectivity index (χ3v) is 4.01. The molecule has 1 amide bonds. The van der Waals surface area contributed by atoms with Crippen molar-refractivity contribution in [3.8, 4) is 11.5 Å². The van der Waals surface area contributed by atoms with Crippen molar-refractivity contribution in [1.82, 2.24) is 0 Å². The van der Waals surface area contributed by atoms with Gasteiger partial charge < -0.3 is 14.4 Å². The summed E-state index contributed by atoms with van der Waals surface area (Å²) in [7, 11) is 1.65. The number of amides is 1. The van der Waals surface area contributed by atoms with Crippen molar-refractivity contribution in [3.05, 3.63) is 54.1 Å². The molecular weight excluding hydrogens is 290 g/mol. The molecule has 0 saturated carbocycles. The highest BCUT2D eigenvalue weighted by molar-refractivity contribution is 5.95. The molecule has 120 valence electrons. The molecule has 0 bridgehead atoms. The predicted octanol–water partition coefficient (Wildman–Crippen LogP) is 3.44. The van der Waals surface area contributed by atoms with E-state index in [0.29, 0.717) is 13.0 Å². The van der Waals surface area contributed by atoms with Crippen molar-refractivity contribution in [3.63, 3.8) is 0 Å². The van der Waals surface area contributed by atoms with Gasteiger partial charge in [-0.3, -0.25) is 4.79 Å². The van der Waals surface area contributed by atoms with Gasteiger partial charge in [-0.25, -0.2) is 0 Å². The minimum Gasteiger partial charge on any atom is -0.497 e. The first-order valence-electron chi connectivity index (χ1n) is 7.86. The molecule has 3 rings (SSSR count). The van der Waals surface area contributed by atoms with Gasteiger partial charge in [0.05, 0.1) is 19.3 Å². The van der Waals surface area contributed by atoms with Crippen LogP contribution >= 0.6 is 0 Å². The number of hydrogen-bond acceptors (Lipinski definition) is 3. The normalized spacial score (nSPS) is 16.4. The maximum atomic E-state index is 12.6. The van der Waals surface area contributed by atoms with E-state index in [4.69, 9.17) is 9.47 Å². The van der Waals surface area contributed by atoms with Gasteiger partial charge >= 0.3 is 0 Å². The average molecular weight is 311 g/mol. The van der Waals surface area contributed by atoms with Crippen molar-refractivity contribution < 1.29 is 14.3 Å². The van der Waals surface area contributed by atoms with E-state index in [1.807, 2.05) is 60.4 Å². The lowest BCUT2D eigenvalue weighted by Crippen LogP contribution is -2.42. The molecule has 2 aromatic rings. The van der Waals surface area contributed by atoms with Gasteiger partial charge in [-0.15, -0.1) is 0 Å². The molecule has 0 spiro atoms. The second-order valence-corrected chi connectivity index (χ2v) is 5.75. The first kappa shape index (κ1) is 15.4. The summed E-state index contributed by atoms with van der Waals surface area (Å²) in [5, 5.41) is 0. The van der Waals surface area contributed by atoms with Gasteiger partial charge in [0.2, 0.25) is 5.91 Å². The van der Waals surface area contributed by atoms with E-state index in [1.165, 1.54) is 0 Å². The van der Waals surface area contributed by atoms with Crippen LogP contribution in [0.4, 0.5) is 5.69 Å². The highest BCUT2D eigenvalue weighted by atomic mass is 16.5. The number of para-hydroxylation sites is 2.